The van der Waals surface area contributed by atoms with E-state index in [1.54, 1.807) is 37.3 Å². The molecule has 0 N–H and O–H groups in total. The largest absolute Gasteiger partial charge is 0.456 e. The fraction of sp³-hybridized carbons (Fsp3) is 0.105. The molecule has 0 spiro atoms. The predicted octanol–water partition coefficient (Wildman–Crippen LogP) is 2.59. The van der Waals surface area contributed by atoms with Crippen LogP contribution >= 0.6 is 0 Å². The lowest BCUT2D eigenvalue weighted by Gasteiger charge is -2.10. The molecule has 26 heavy (non-hydrogen) atoms. The van der Waals surface area contributed by atoms with Crippen LogP contribution in [-0.2, 0) is 16.1 Å². The molecule has 0 unspecified atom stereocenters. The van der Waals surface area contributed by atoms with Gasteiger partial charge in [-0.05, 0) is 35.1 Å². The van der Waals surface area contributed by atoms with E-state index >= 15 is 0 Å². The zero-order valence-electron chi connectivity index (χ0n) is 14.0. The van der Waals surface area contributed by atoms with Crippen LogP contribution in [-0.4, -0.2) is 26.2 Å². The number of tetrazole rings is 1. The summed E-state index contributed by atoms with van der Waals surface area (Å²) in [5.74, 6) is -0.126. The zero-order valence-corrected chi connectivity index (χ0v) is 14.0. The molecule has 0 radical (unpaired) electrons. The summed E-state index contributed by atoms with van der Waals surface area (Å²) in [5, 5.41) is 20.4. The maximum atomic E-state index is 12.7. The molecule has 0 bridgehead atoms. The number of rotatable bonds is 5. The Balaban J connectivity index is 1.88. The highest BCUT2D eigenvalue weighted by molar-refractivity contribution is 6.15. The Bertz CT molecular complexity index is 986. The first-order chi connectivity index (χ1) is 12.7. The van der Waals surface area contributed by atoms with Crippen LogP contribution in [0.25, 0.3) is 11.8 Å². The van der Waals surface area contributed by atoms with Crippen molar-refractivity contribution in [3.05, 3.63) is 77.1 Å². The van der Waals surface area contributed by atoms with Gasteiger partial charge in [-0.1, -0.05) is 48.5 Å². The third-order valence-corrected chi connectivity index (χ3v) is 3.66. The molecule has 3 rings (SSSR count). The van der Waals surface area contributed by atoms with E-state index in [1.165, 1.54) is 4.68 Å². The van der Waals surface area contributed by atoms with Crippen molar-refractivity contribution in [2.24, 2.45) is 0 Å². The van der Waals surface area contributed by atoms with Crippen molar-refractivity contribution < 1.29 is 9.53 Å². The van der Waals surface area contributed by atoms with Crippen molar-refractivity contribution in [2.45, 2.75) is 13.5 Å². The van der Waals surface area contributed by atoms with Gasteiger partial charge in [0.25, 0.3) is 0 Å². The SMILES string of the molecule is Cc1nnnn1/C(=C\c1ccccc1)C(=O)OCc1ccccc1C#N. The molecule has 2 aromatic carbocycles. The second kappa shape index (κ2) is 7.85. The quantitative estimate of drug-likeness (QED) is 0.521. The second-order valence-corrected chi connectivity index (χ2v) is 5.42. The van der Waals surface area contributed by atoms with Crippen molar-refractivity contribution in [1.29, 1.82) is 5.26 Å². The highest BCUT2D eigenvalue weighted by atomic mass is 16.5. The molecule has 0 aliphatic rings. The smallest absolute Gasteiger partial charge is 0.357 e. The van der Waals surface area contributed by atoms with E-state index in [1.807, 2.05) is 30.3 Å². The normalized spacial score (nSPS) is 11.0. The van der Waals surface area contributed by atoms with Gasteiger partial charge in [-0.3, -0.25) is 0 Å². The van der Waals surface area contributed by atoms with Crippen molar-refractivity contribution in [3.63, 3.8) is 0 Å². The molecule has 128 valence electrons. The number of aromatic nitrogens is 4. The van der Waals surface area contributed by atoms with Crippen LogP contribution in [0.2, 0.25) is 0 Å². The van der Waals surface area contributed by atoms with E-state index in [0.29, 0.717) is 17.0 Å². The van der Waals surface area contributed by atoms with Crippen LogP contribution in [0.1, 0.15) is 22.5 Å². The van der Waals surface area contributed by atoms with Crippen LogP contribution < -0.4 is 0 Å². The fourth-order valence-electron chi connectivity index (χ4n) is 2.34. The lowest BCUT2D eigenvalue weighted by atomic mass is 10.1. The molecule has 0 atom stereocenters. The lowest BCUT2D eigenvalue weighted by molar-refractivity contribution is -0.138. The summed E-state index contributed by atoms with van der Waals surface area (Å²) in [4.78, 5) is 12.7. The molecule has 0 saturated heterocycles. The number of esters is 1. The standard InChI is InChI=1S/C19H15N5O2/c1-14-21-22-23-24(14)18(11-15-7-3-2-4-8-15)19(25)26-13-17-10-6-5-9-16(17)12-20/h2-11H,13H2,1H3/b18-11-. The number of carbonyl (C=O) groups is 1. The minimum Gasteiger partial charge on any atom is -0.456 e. The molecule has 0 aliphatic heterocycles. The molecule has 1 aromatic heterocycles. The maximum absolute atomic E-state index is 12.7. The maximum Gasteiger partial charge on any atom is 0.357 e. The fourth-order valence-corrected chi connectivity index (χ4v) is 2.34. The molecule has 0 aliphatic carbocycles. The first kappa shape index (κ1) is 17.0. The average molecular weight is 345 g/mol. The number of carbonyl (C=O) groups excluding carboxylic acids is 1. The summed E-state index contributed by atoms with van der Waals surface area (Å²) in [6, 6.07) is 18.4. The average Bonchev–Trinajstić information content (AvgIpc) is 3.10. The third kappa shape index (κ3) is 3.82. The predicted molar refractivity (Wildman–Crippen MR) is 94.1 cm³/mol. The number of aryl methyl sites for hydroxylation is 1. The van der Waals surface area contributed by atoms with Crippen LogP contribution in [0, 0.1) is 18.3 Å². The Morgan fingerprint density at radius 3 is 2.62 bits per heavy atom. The minimum atomic E-state index is -0.586. The van der Waals surface area contributed by atoms with Gasteiger partial charge in [0, 0.05) is 5.56 Å². The van der Waals surface area contributed by atoms with Gasteiger partial charge in [0.2, 0.25) is 0 Å². The van der Waals surface area contributed by atoms with Gasteiger partial charge >= 0.3 is 5.97 Å². The Kier molecular flexibility index (Phi) is 5.15. The molecule has 1 heterocycles. The van der Waals surface area contributed by atoms with Gasteiger partial charge < -0.3 is 4.74 Å². The Morgan fingerprint density at radius 1 is 1.19 bits per heavy atom. The topological polar surface area (TPSA) is 93.7 Å². The Labute approximate surface area is 150 Å². The highest BCUT2D eigenvalue weighted by Gasteiger charge is 2.18. The van der Waals surface area contributed by atoms with E-state index in [2.05, 4.69) is 21.6 Å². The molecule has 3 aromatic rings. The number of hydrogen-bond acceptors (Lipinski definition) is 6. The number of nitrogens with zero attached hydrogens (tertiary/aromatic N) is 5. The van der Waals surface area contributed by atoms with Gasteiger partial charge in [-0.15, -0.1) is 5.10 Å². The molecular weight excluding hydrogens is 330 g/mol. The molecule has 0 fully saturated rings. The third-order valence-electron chi connectivity index (χ3n) is 3.66. The molecule has 0 saturated carbocycles. The van der Waals surface area contributed by atoms with E-state index in [0.717, 1.165) is 5.56 Å². The molecule has 7 heteroatoms. The first-order valence-electron chi connectivity index (χ1n) is 7.86. The van der Waals surface area contributed by atoms with E-state index in [9.17, 15) is 4.79 Å². The van der Waals surface area contributed by atoms with Crippen molar-refractivity contribution >= 4 is 17.7 Å². The van der Waals surface area contributed by atoms with Crippen LogP contribution in [0.3, 0.4) is 0 Å². The second-order valence-electron chi connectivity index (χ2n) is 5.42. The summed E-state index contributed by atoms with van der Waals surface area (Å²) in [6.45, 7) is 1.67. The van der Waals surface area contributed by atoms with Gasteiger partial charge in [-0.25, -0.2) is 4.79 Å². The van der Waals surface area contributed by atoms with E-state index in [4.69, 9.17) is 10.00 Å². The van der Waals surface area contributed by atoms with E-state index in [-0.39, 0.29) is 12.3 Å². The number of ether oxygens (including phenoxy) is 1. The number of benzene rings is 2. The Hall–Kier alpha value is -3.79. The minimum absolute atomic E-state index is 0.0180. The lowest BCUT2D eigenvalue weighted by Crippen LogP contribution is -2.15. The van der Waals surface area contributed by atoms with Gasteiger partial charge in [0.1, 0.15) is 6.61 Å². The van der Waals surface area contributed by atoms with Crippen molar-refractivity contribution in [2.75, 3.05) is 0 Å². The van der Waals surface area contributed by atoms with Crippen LogP contribution in [0.15, 0.2) is 54.6 Å². The van der Waals surface area contributed by atoms with Gasteiger partial charge in [0.05, 0.1) is 11.6 Å². The number of nitriles is 1. The summed E-state index contributed by atoms with van der Waals surface area (Å²) in [7, 11) is 0. The van der Waals surface area contributed by atoms with Crippen molar-refractivity contribution in [3.8, 4) is 6.07 Å². The molecular formula is C19H15N5O2. The molecule has 0 amide bonds. The summed E-state index contributed by atoms with van der Waals surface area (Å²) < 4.78 is 6.73. The van der Waals surface area contributed by atoms with Gasteiger partial charge in [-0.2, -0.15) is 9.94 Å². The number of hydrogen-bond donors (Lipinski definition) is 0. The summed E-state index contributed by atoms with van der Waals surface area (Å²) in [5.41, 5.74) is 2.10. The highest BCUT2D eigenvalue weighted by Crippen LogP contribution is 2.16. The summed E-state index contributed by atoms with van der Waals surface area (Å²) in [6.07, 6.45) is 1.65. The van der Waals surface area contributed by atoms with Crippen molar-refractivity contribution in [1.82, 2.24) is 20.2 Å². The zero-order chi connectivity index (χ0) is 18.4. The van der Waals surface area contributed by atoms with Crippen LogP contribution in [0.4, 0.5) is 0 Å². The summed E-state index contributed by atoms with van der Waals surface area (Å²) >= 11 is 0. The Morgan fingerprint density at radius 2 is 1.92 bits per heavy atom. The first-order valence-corrected chi connectivity index (χ1v) is 7.86. The van der Waals surface area contributed by atoms with Crippen LogP contribution in [0.5, 0.6) is 0 Å². The molecule has 7 nitrogen and oxygen atoms in total. The van der Waals surface area contributed by atoms with E-state index < -0.39 is 5.97 Å². The monoisotopic (exact) mass is 345 g/mol. The van der Waals surface area contributed by atoms with Gasteiger partial charge in [0.15, 0.2) is 11.5 Å².